The molecule has 2 N–H and O–H groups in total. The highest BCUT2D eigenvalue weighted by Gasteiger charge is 2.12. The fourth-order valence-electron chi connectivity index (χ4n) is 2.33. The average Bonchev–Trinajstić information content (AvgIpc) is 3.06. The van der Waals surface area contributed by atoms with Gasteiger partial charge in [0.15, 0.2) is 0 Å². The molecule has 0 saturated carbocycles. The molecular weight excluding hydrogens is 300 g/mol. The van der Waals surface area contributed by atoms with Crippen LogP contribution in [0.1, 0.15) is 0 Å². The first-order valence-corrected chi connectivity index (χ1v) is 7.45. The number of carbonyl (C=O) groups is 1. The Balaban J connectivity index is 2.06. The van der Waals surface area contributed by atoms with Gasteiger partial charge in [0.25, 0.3) is 0 Å². The van der Waals surface area contributed by atoms with E-state index in [0.29, 0.717) is 18.1 Å². The van der Waals surface area contributed by atoms with Crippen molar-refractivity contribution in [1.82, 2.24) is 14.9 Å². The number of alkyl halides is 1. The molecule has 0 saturated heterocycles. The van der Waals surface area contributed by atoms with E-state index < -0.39 is 0 Å². The number of urea groups is 1. The molecule has 0 radical (unpaired) electrons. The van der Waals surface area contributed by atoms with E-state index in [1.165, 1.54) is 0 Å². The van der Waals surface area contributed by atoms with Crippen molar-refractivity contribution in [3.8, 4) is 5.69 Å². The van der Waals surface area contributed by atoms with Gasteiger partial charge in [-0.15, -0.1) is 11.6 Å². The van der Waals surface area contributed by atoms with Gasteiger partial charge in [-0.2, -0.15) is 0 Å². The van der Waals surface area contributed by atoms with Crippen molar-refractivity contribution < 1.29 is 4.79 Å². The van der Waals surface area contributed by atoms with E-state index in [2.05, 4.69) is 15.6 Å². The molecular formula is C16H15ClN4O. The predicted octanol–water partition coefficient (Wildman–Crippen LogP) is 3.39. The van der Waals surface area contributed by atoms with Crippen LogP contribution >= 0.6 is 11.6 Å². The SMILES string of the molecule is O=C(NCCCl)Nc1ccc2ncccc2c1-n1cccc1. The zero-order valence-corrected chi connectivity index (χ0v) is 12.5. The van der Waals surface area contributed by atoms with E-state index in [1.54, 1.807) is 6.20 Å². The van der Waals surface area contributed by atoms with E-state index in [9.17, 15) is 4.79 Å². The van der Waals surface area contributed by atoms with Crippen LogP contribution < -0.4 is 10.6 Å². The van der Waals surface area contributed by atoms with Crippen molar-refractivity contribution in [2.75, 3.05) is 17.7 Å². The van der Waals surface area contributed by atoms with E-state index in [1.807, 2.05) is 53.4 Å². The third kappa shape index (κ3) is 2.89. The van der Waals surface area contributed by atoms with Gasteiger partial charge in [0.05, 0.1) is 16.9 Å². The topological polar surface area (TPSA) is 59.0 Å². The van der Waals surface area contributed by atoms with Gasteiger partial charge >= 0.3 is 6.03 Å². The van der Waals surface area contributed by atoms with Crippen molar-refractivity contribution in [3.63, 3.8) is 0 Å². The summed E-state index contributed by atoms with van der Waals surface area (Å²) in [5.41, 5.74) is 2.47. The minimum Gasteiger partial charge on any atom is -0.337 e. The third-order valence-electron chi connectivity index (χ3n) is 3.25. The van der Waals surface area contributed by atoms with Crippen LogP contribution in [0.25, 0.3) is 16.6 Å². The standard InChI is InChI=1S/C16H15ClN4O/c17-7-9-19-16(22)20-14-6-5-13-12(4-3-8-18-13)15(14)21-10-1-2-11-21/h1-6,8,10-11H,7,9H2,(H2,19,20,22). The third-order valence-corrected chi connectivity index (χ3v) is 3.44. The molecule has 0 unspecified atom stereocenters. The molecule has 2 aromatic heterocycles. The molecule has 3 rings (SSSR count). The Labute approximate surface area is 132 Å². The van der Waals surface area contributed by atoms with Crippen LogP contribution in [0.5, 0.6) is 0 Å². The fourth-order valence-corrected chi connectivity index (χ4v) is 2.42. The summed E-state index contributed by atoms with van der Waals surface area (Å²) in [6.45, 7) is 0.418. The zero-order chi connectivity index (χ0) is 15.4. The van der Waals surface area contributed by atoms with E-state index in [0.717, 1.165) is 16.6 Å². The number of benzene rings is 1. The highest BCUT2D eigenvalue weighted by Crippen LogP contribution is 2.29. The Morgan fingerprint density at radius 3 is 2.77 bits per heavy atom. The number of fused-ring (bicyclic) bond motifs is 1. The quantitative estimate of drug-likeness (QED) is 0.725. The number of halogens is 1. The van der Waals surface area contributed by atoms with Gasteiger partial charge in [0, 0.05) is 36.4 Å². The molecule has 0 spiro atoms. The molecule has 3 aromatic rings. The summed E-state index contributed by atoms with van der Waals surface area (Å²) in [4.78, 5) is 16.3. The second-order valence-corrected chi connectivity index (χ2v) is 5.07. The molecule has 6 heteroatoms. The van der Waals surface area contributed by atoms with Gasteiger partial charge in [-0.1, -0.05) is 0 Å². The highest BCUT2D eigenvalue weighted by atomic mass is 35.5. The summed E-state index contributed by atoms with van der Waals surface area (Å²) in [5, 5.41) is 6.53. The largest absolute Gasteiger partial charge is 0.337 e. The number of hydrogen-bond acceptors (Lipinski definition) is 2. The van der Waals surface area contributed by atoms with E-state index in [4.69, 9.17) is 11.6 Å². The number of pyridine rings is 1. The minimum absolute atomic E-state index is 0.280. The van der Waals surface area contributed by atoms with E-state index >= 15 is 0 Å². The Morgan fingerprint density at radius 2 is 2.00 bits per heavy atom. The van der Waals surface area contributed by atoms with Crippen LogP contribution in [0.3, 0.4) is 0 Å². The maximum absolute atomic E-state index is 11.9. The van der Waals surface area contributed by atoms with Crippen LogP contribution in [0.15, 0.2) is 55.0 Å². The number of hydrogen-bond donors (Lipinski definition) is 2. The van der Waals surface area contributed by atoms with Crippen LogP contribution in [0.2, 0.25) is 0 Å². The number of nitrogens with one attached hydrogen (secondary N) is 2. The lowest BCUT2D eigenvalue weighted by Gasteiger charge is -2.15. The van der Waals surface area contributed by atoms with Crippen molar-refractivity contribution >= 4 is 34.2 Å². The van der Waals surface area contributed by atoms with Gasteiger partial charge < -0.3 is 15.2 Å². The molecule has 22 heavy (non-hydrogen) atoms. The average molecular weight is 315 g/mol. The number of amides is 2. The molecule has 0 aliphatic carbocycles. The monoisotopic (exact) mass is 314 g/mol. The van der Waals surface area contributed by atoms with Gasteiger partial charge in [-0.05, 0) is 36.4 Å². The van der Waals surface area contributed by atoms with Crippen LogP contribution in [-0.4, -0.2) is 28.0 Å². The van der Waals surface area contributed by atoms with Crippen molar-refractivity contribution in [2.24, 2.45) is 0 Å². The first-order chi connectivity index (χ1) is 10.8. The predicted molar refractivity (Wildman–Crippen MR) is 88.8 cm³/mol. The lowest BCUT2D eigenvalue weighted by atomic mass is 10.1. The maximum atomic E-state index is 11.9. The normalized spacial score (nSPS) is 10.6. The molecule has 2 amide bonds. The van der Waals surface area contributed by atoms with Crippen LogP contribution in [0.4, 0.5) is 10.5 Å². The second kappa shape index (κ2) is 6.49. The highest BCUT2D eigenvalue weighted by molar-refractivity contribution is 6.18. The molecule has 5 nitrogen and oxygen atoms in total. The van der Waals surface area contributed by atoms with Gasteiger partial charge in [0.2, 0.25) is 0 Å². The Bertz CT molecular complexity index is 786. The molecule has 0 fully saturated rings. The number of nitrogens with zero attached hydrogens (tertiary/aromatic N) is 2. The van der Waals surface area contributed by atoms with Gasteiger partial charge in [-0.25, -0.2) is 4.79 Å². The number of anilines is 1. The number of carbonyl (C=O) groups excluding carboxylic acids is 1. The smallest absolute Gasteiger partial charge is 0.319 e. The van der Waals surface area contributed by atoms with Crippen molar-refractivity contribution in [3.05, 3.63) is 55.0 Å². The molecule has 0 bridgehead atoms. The summed E-state index contributed by atoms with van der Waals surface area (Å²) in [5.74, 6) is 0.375. The maximum Gasteiger partial charge on any atom is 0.319 e. The van der Waals surface area contributed by atoms with Crippen molar-refractivity contribution in [2.45, 2.75) is 0 Å². The molecule has 0 aliphatic rings. The number of aromatic nitrogens is 2. The van der Waals surface area contributed by atoms with Gasteiger partial charge in [0.1, 0.15) is 0 Å². The molecule has 2 heterocycles. The van der Waals surface area contributed by atoms with Crippen molar-refractivity contribution in [1.29, 1.82) is 0 Å². The lowest BCUT2D eigenvalue weighted by Crippen LogP contribution is -2.30. The second-order valence-electron chi connectivity index (χ2n) is 4.69. The fraction of sp³-hybridized carbons (Fsp3) is 0.125. The Morgan fingerprint density at radius 1 is 1.18 bits per heavy atom. The summed E-state index contributed by atoms with van der Waals surface area (Å²) >= 11 is 5.58. The minimum atomic E-state index is -0.280. The first-order valence-electron chi connectivity index (χ1n) is 6.91. The summed E-state index contributed by atoms with van der Waals surface area (Å²) in [7, 11) is 0. The Kier molecular flexibility index (Phi) is 4.25. The summed E-state index contributed by atoms with van der Waals surface area (Å²) in [6, 6.07) is 11.2. The molecule has 0 atom stereocenters. The number of rotatable bonds is 4. The summed E-state index contributed by atoms with van der Waals surface area (Å²) in [6.07, 6.45) is 5.62. The zero-order valence-electron chi connectivity index (χ0n) is 11.8. The summed E-state index contributed by atoms with van der Waals surface area (Å²) < 4.78 is 1.96. The molecule has 0 aliphatic heterocycles. The Hall–Kier alpha value is -2.53. The lowest BCUT2D eigenvalue weighted by molar-refractivity contribution is 0.252. The first kappa shape index (κ1) is 14.4. The van der Waals surface area contributed by atoms with Crippen LogP contribution in [0, 0.1) is 0 Å². The molecule has 112 valence electrons. The molecule has 1 aromatic carbocycles. The van der Waals surface area contributed by atoms with Gasteiger partial charge in [-0.3, -0.25) is 4.98 Å². The van der Waals surface area contributed by atoms with E-state index in [-0.39, 0.29) is 6.03 Å². The van der Waals surface area contributed by atoms with Crippen LogP contribution in [-0.2, 0) is 0 Å².